The third-order valence-electron chi connectivity index (χ3n) is 6.85. The van der Waals surface area contributed by atoms with Crippen molar-refractivity contribution in [2.24, 2.45) is 0 Å². The Kier molecular flexibility index (Phi) is 4.68. The monoisotopic (exact) mass is 464 g/mol. The maximum Gasteiger partial charge on any atom is 0.151 e. The van der Waals surface area contributed by atoms with E-state index >= 15 is 0 Å². The molecule has 0 radical (unpaired) electrons. The number of ether oxygens (including phenoxy) is 1. The Hall–Kier alpha value is -4.76. The van der Waals surface area contributed by atoms with Crippen LogP contribution in [0.25, 0.3) is 44.2 Å². The number of fused-ring (bicyclic) bond motifs is 5. The summed E-state index contributed by atoms with van der Waals surface area (Å²) in [7, 11) is 0. The lowest BCUT2D eigenvalue weighted by atomic mass is 10.1. The molecule has 7 rings (SSSR count). The Balaban J connectivity index is 1.60. The Labute approximate surface area is 209 Å². The normalized spacial score (nSPS) is 11.5. The van der Waals surface area contributed by atoms with Gasteiger partial charge in [-0.1, -0.05) is 84.4 Å². The van der Waals surface area contributed by atoms with E-state index in [-0.39, 0.29) is 0 Å². The molecule has 7 aromatic rings. The lowest BCUT2D eigenvalue weighted by Crippen LogP contribution is -2.03. The first-order valence-electron chi connectivity index (χ1n) is 12.2. The van der Waals surface area contributed by atoms with Crippen LogP contribution < -0.4 is 4.74 Å². The lowest BCUT2D eigenvalue weighted by Gasteiger charge is -2.16. The molecule has 0 aliphatic rings. The van der Waals surface area contributed by atoms with Gasteiger partial charge in [0.1, 0.15) is 11.4 Å². The van der Waals surface area contributed by atoms with Crippen molar-refractivity contribution >= 4 is 32.8 Å². The SMILES string of the molecule is Cc1ccc(Oc2ccccc2-n2c3ccccc3c3c4ccccc4n(-c4ccccc4)c32)cc1. The Morgan fingerprint density at radius 3 is 1.83 bits per heavy atom. The fourth-order valence-electron chi connectivity index (χ4n) is 5.24. The van der Waals surface area contributed by atoms with Gasteiger partial charge in [0.05, 0.1) is 16.7 Å². The van der Waals surface area contributed by atoms with Gasteiger partial charge in [-0.05, 0) is 55.5 Å². The molecule has 0 atom stereocenters. The molecule has 0 unspecified atom stereocenters. The summed E-state index contributed by atoms with van der Waals surface area (Å²) in [4.78, 5) is 0. The smallest absolute Gasteiger partial charge is 0.151 e. The molecule has 2 aromatic heterocycles. The van der Waals surface area contributed by atoms with Crippen LogP contribution >= 0.6 is 0 Å². The number of aromatic nitrogens is 2. The highest BCUT2D eigenvalue weighted by atomic mass is 16.5. The number of rotatable bonds is 4. The Morgan fingerprint density at radius 2 is 1.11 bits per heavy atom. The molecular formula is C33H24N2O. The Morgan fingerprint density at radius 1 is 0.528 bits per heavy atom. The van der Waals surface area contributed by atoms with Gasteiger partial charge in [-0.2, -0.15) is 0 Å². The van der Waals surface area contributed by atoms with Gasteiger partial charge < -0.3 is 4.74 Å². The summed E-state index contributed by atoms with van der Waals surface area (Å²) in [6.45, 7) is 2.09. The minimum absolute atomic E-state index is 0.814. The van der Waals surface area contributed by atoms with Crippen molar-refractivity contribution < 1.29 is 4.74 Å². The summed E-state index contributed by atoms with van der Waals surface area (Å²) >= 11 is 0. The van der Waals surface area contributed by atoms with Crippen molar-refractivity contribution in [1.82, 2.24) is 9.13 Å². The lowest BCUT2D eigenvalue weighted by molar-refractivity contribution is 0.480. The number of benzene rings is 5. The molecule has 3 nitrogen and oxygen atoms in total. The molecule has 2 heterocycles. The highest BCUT2D eigenvalue weighted by molar-refractivity contribution is 6.22. The van der Waals surface area contributed by atoms with E-state index < -0.39 is 0 Å². The van der Waals surface area contributed by atoms with Gasteiger partial charge >= 0.3 is 0 Å². The van der Waals surface area contributed by atoms with E-state index in [0.717, 1.165) is 34.0 Å². The molecule has 0 fully saturated rings. The second-order valence-electron chi connectivity index (χ2n) is 9.12. The topological polar surface area (TPSA) is 19.1 Å². The van der Waals surface area contributed by atoms with E-state index in [4.69, 9.17) is 4.74 Å². The fraction of sp³-hybridized carbons (Fsp3) is 0.0303. The first-order chi connectivity index (χ1) is 17.8. The zero-order chi connectivity index (χ0) is 24.1. The first kappa shape index (κ1) is 20.6. The minimum atomic E-state index is 0.814. The molecule has 0 N–H and O–H groups in total. The fourth-order valence-corrected chi connectivity index (χ4v) is 5.24. The predicted molar refractivity (Wildman–Crippen MR) is 149 cm³/mol. The van der Waals surface area contributed by atoms with Crippen molar-refractivity contribution in [2.75, 3.05) is 0 Å². The zero-order valence-corrected chi connectivity index (χ0v) is 19.9. The van der Waals surface area contributed by atoms with Crippen LogP contribution in [-0.4, -0.2) is 9.13 Å². The molecule has 5 aromatic carbocycles. The molecular weight excluding hydrogens is 440 g/mol. The van der Waals surface area contributed by atoms with Gasteiger partial charge in [-0.15, -0.1) is 0 Å². The molecule has 0 saturated heterocycles. The summed E-state index contributed by atoms with van der Waals surface area (Å²) < 4.78 is 11.2. The highest BCUT2D eigenvalue weighted by Crippen LogP contribution is 2.42. The minimum Gasteiger partial charge on any atom is -0.455 e. The van der Waals surface area contributed by atoms with E-state index in [0.29, 0.717) is 0 Å². The standard InChI is InChI=1S/C33H24N2O/c1-23-19-21-25(22-20-23)36-31-18-10-9-17-30(31)35-29-16-8-6-14-27(29)32-26-13-5-7-15-28(26)34(33(32)35)24-11-3-2-4-12-24/h2-22H,1H3. The van der Waals surface area contributed by atoms with E-state index in [9.17, 15) is 0 Å². The van der Waals surface area contributed by atoms with Crippen molar-refractivity contribution in [3.8, 4) is 22.9 Å². The van der Waals surface area contributed by atoms with Crippen molar-refractivity contribution in [2.45, 2.75) is 6.92 Å². The number of hydrogen-bond donors (Lipinski definition) is 0. The van der Waals surface area contributed by atoms with Crippen molar-refractivity contribution in [3.05, 3.63) is 133 Å². The van der Waals surface area contributed by atoms with E-state index in [2.05, 4.69) is 119 Å². The molecule has 172 valence electrons. The zero-order valence-electron chi connectivity index (χ0n) is 19.9. The molecule has 0 saturated carbocycles. The number of aryl methyl sites for hydroxylation is 1. The summed E-state index contributed by atoms with van der Waals surface area (Å²) in [5.74, 6) is 1.64. The van der Waals surface area contributed by atoms with Crippen LogP contribution in [0.3, 0.4) is 0 Å². The van der Waals surface area contributed by atoms with Gasteiger partial charge in [0.15, 0.2) is 5.75 Å². The summed E-state index contributed by atoms with van der Waals surface area (Å²) in [5, 5.41) is 3.71. The van der Waals surface area contributed by atoms with Gasteiger partial charge in [-0.3, -0.25) is 9.13 Å². The third-order valence-corrected chi connectivity index (χ3v) is 6.85. The summed E-state index contributed by atoms with van der Waals surface area (Å²) in [6.07, 6.45) is 0. The molecule has 0 spiro atoms. The van der Waals surface area contributed by atoms with Crippen molar-refractivity contribution in [3.63, 3.8) is 0 Å². The van der Waals surface area contributed by atoms with Gasteiger partial charge in [0.25, 0.3) is 0 Å². The summed E-state index contributed by atoms with van der Waals surface area (Å²) in [5.41, 5.74) is 6.81. The highest BCUT2D eigenvalue weighted by Gasteiger charge is 2.23. The molecule has 0 aliphatic carbocycles. The molecule has 36 heavy (non-hydrogen) atoms. The van der Waals surface area contributed by atoms with Crippen LogP contribution in [0.4, 0.5) is 0 Å². The Bertz CT molecular complexity index is 1860. The predicted octanol–water partition coefficient (Wildman–Crippen LogP) is 8.83. The molecule has 0 bridgehead atoms. The van der Waals surface area contributed by atoms with E-state index in [1.165, 1.54) is 27.2 Å². The van der Waals surface area contributed by atoms with Gasteiger partial charge in [-0.25, -0.2) is 0 Å². The van der Waals surface area contributed by atoms with Crippen LogP contribution in [0.1, 0.15) is 5.56 Å². The number of para-hydroxylation sites is 5. The largest absolute Gasteiger partial charge is 0.455 e. The van der Waals surface area contributed by atoms with Crippen LogP contribution in [0.5, 0.6) is 11.5 Å². The maximum atomic E-state index is 6.48. The molecule has 3 heteroatoms. The first-order valence-corrected chi connectivity index (χ1v) is 12.2. The maximum absolute atomic E-state index is 6.48. The quantitative estimate of drug-likeness (QED) is 0.255. The number of hydrogen-bond acceptors (Lipinski definition) is 1. The molecule has 0 aliphatic heterocycles. The second-order valence-corrected chi connectivity index (χ2v) is 9.12. The van der Waals surface area contributed by atoms with Crippen molar-refractivity contribution in [1.29, 1.82) is 0 Å². The average Bonchev–Trinajstić information content (AvgIpc) is 3.43. The van der Waals surface area contributed by atoms with E-state index in [1.807, 2.05) is 24.3 Å². The van der Waals surface area contributed by atoms with Gasteiger partial charge in [0.2, 0.25) is 0 Å². The third kappa shape index (κ3) is 3.14. The summed E-state index contributed by atoms with van der Waals surface area (Å²) in [6, 6.07) is 44.4. The van der Waals surface area contributed by atoms with Crippen LogP contribution in [-0.2, 0) is 0 Å². The van der Waals surface area contributed by atoms with Crippen LogP contribution in [0.2, 0.25) is 0 Å². The second kappa shape index (κ2) is 8.17. The van der Waals surface area contributed by atoms with E-state index in [1.54, 1.807) is 0 Å². The van der Waals surface area contributed by atoms with Crippen LogP contribution in [0, 0.1) is 6.92 Å². The molecule has 0 amide bonds. The average molecular weight is 465 g/mol. The number of nitrogens with zero attached hydrogens (tertiary/aromatic N) is 2. The van der Waals surface area contributed by atoms with Crippen LogP contribution in [0.15, 0.2) is 127 Å². The van der Waals surface area contributed by atoms with Gasteiger partial charge in [0, 0.05) is 21.8 Å².